The lowest BCUT2D eigenvalue weighted by Gasteiger charge is -2.01. The Morgan fingerprint density at radius 3 is 2.80 bits per heavy atom. The number of hydrogen-bond donors (Lipinski definition) is 1. The monoisotopic (exact) mass is 309 g/mol. The van der Waals surface area contributed by atoms with Crippen LogP contribution in [-0.4, -0.2) is 29.0 Å². The number of nitrogens with one attached hydrogen (secondary N) is 1. The minimum Gasteiger partial charge on any atom is -0.469 e. The van der Waals surface area contributed by atoms with E-state index >= 15 is 0 Å². The predicted molar refractivity (Wildman–Crippen MR) is 81.7 cm³/mol. The predicted octanol–water partition coefficient (Wildman–Crippen LogP) is 3.25. The van der Waals surface area contributed by atoms with Crippen molar-refractivity contribution in [2.75, 3.05) is 18.2 Å². The van der Waals surface area contributed by atoms with Crippen molar-refractivity contribution >= 4 is 39.9 Å². The highest BCUT2D eigenvalue weighted by atomic mass is 32.2. The van der Waals surface area contributed by atoms with Crippen LogP contribution in [0.2, 0.25) is 0 Å². The van der Waals surface area contributed by atoms with E-state index in [4.69, 9.17) is 0 Å². The molecule has 106 valence electrons. The van der Waals surface area contributed by atoms with E-state index in [2.05, 4.69) is 20.3 Å². The molecule has 0 amide bonds. The van der Waals surface area contributed by atoms with Crippen molar-refractivity contribution < 1.29 is 9.53 Å². The molecule has 0 unspecified atom stereocenters. The molecule has 5 nitrogen and oxygen atoms in total. The van der Waals surface area contributed by atoms with E-state index in [9.17, 15) is 4.79 Å². The van der Waals surface area contributed by atoms with Crippen molar-refractivity contribution in [1.82, 2.24) is 10.2 Å². The van der Waals surface area contributed by atoms with Crippen molar-refractivity contribution in [2.24, 2.45) is 0 Å². The molecule has 7 heteroatoms. The van der Waals surface area contributed by atoms with Gasteiger partial charge in [-0.25, -0.2) is 0 Å². The van der Waals surface area contributed by atoms with Gasteiger partial charge in [0.25, 0.3) is 0 Å². The maximum atomic E-state index is 11.0. The zero-order valence-electron chi connectivity index (χ0n) is 11.3. The number of methoxy groups -OCH3 is 1. The quantitative estimate of drug-likeness (QED) is 0.653. The van der Waals surface area contributed by atoms with Crippen molar-refractivity contribution in [3.63, 3.8) is 0 Å². The maximum Gasteiger partial charge on any atom is 0.306 e. The SMILES string of the molecule is COC(=O)CCSc1nnc(Nc2ccc(C)cc2)s1. The van der Waals surface area contributed by atoms with Gasteiger partial charge < -0.3 is 10.1 Å². The van der Waals surface area contributed by atoms with Gasteiger partial charge in [-0.15, -0.1) is 10.2 Å². The van der Waals surface area contributed by atoms with Gasteiger partial charge in [0.1, 0.15) is 0 Å². The van der Waals surface area contributed by atoms with E-state index < -0.39 is 0 Å². The summed E-state index contributed by atoms with van der Waals surface area (Å²) < 4.78 is 5.42. The number of ether oxygens (including phenoxy) is 1. The van der Waals surface area contributed by atoms with Gasteiger partial charge in [0.2, 0.25) is 5.13 Å². The third-order valence-corrected chi connectivity index (χ3v) is 4.44. The zero-order valence-corrected chi connectivity index (χ0v) is 12.9. The normalized spacial score (nSPS) is 10.3. The number of thioether (sulfide) groups is 1. The van der Waals surface area contributed by atoms with E-state index in [-0.39, 0.29) is 5.97 Å². The Hall–Kier alpha value is -1.60. The number of anilines is 2. The first kappa shape index (κ1) is 14.8. The van der Waals surface area contributed by atoms with Crippen molar-refractivity contribution in [1.29, 1.82) is 0 Å². The van der Waals surface area contributed by atoms with Crippen LogP contribution in [0.25, 0.3) is 0 Å². The fourth-order valence-corrected chi connectivity index (χ4v) is 3.16. The minimum absolute atomic E-state index is 0.208. The zero-order chi connectivity index (χ0) is 14.4. The molecule has 0 aliphatic carbocycles. The summed E-state index contributed by atoms with van der Waals surface area (Å²) in [5, 5.41) is 12.1. The van der Waals surface area contributed by atoms with Crippen LogP contribution in [0.4, 0.5) is 10.8 Å². The third kappa shape index (κ3) is 4.50. The average Bonchev–Trinajstić information content (AvgIpc) is 2.89. The lowest BCUT2D eigenvalue weighted by Crippen LogP contribution is -2.00. The number of nitrogens with zero attached hydrogens (tertiary/aromatic N) is 2. The lowest BCUT2D eigenvalue weighted by molar-refractivity contribution is -0.140. The molecule has 0 atom stereocenters. The van der Waals surface area contributed by atoms with Crippen LogP contribution in [0.1, 0.15) is 12.0 Å². The first-order valence-corrected chi connectivity index (χ1v) is 7.84. The molecule has 0 saturated heterocycles. The first-order chi connectivity index (χ1) is 9.67. The molecule has 0 spiro atoms. The van der Waals surface area contributed by atoms with Gasteiger partial charge in [0.15, 0.2) is 4.34 Å². The van der Waals surface area contributed by atoms with Crippen molar-refractivity contribution in [2.45, 2.75) is 17.7 Å². The van der Waals surface area contributed by atoms with Gasteiger partial charge in [-0.2, -0.15) is 0 Å². The Kier molecular flexibility index (Phi) is 5.37. The van der Waals surface area contributed by atoms with Gasteiger partial charge in [-0.3, -0.25) is 4.79 Å². The summed E-state index contributed by atoms with van der Waals surface area (Å²) in [6.07, 6.45) is 0.376. The molecule has 0 aliphatic heterocycles. The summed E-state index contributed by atoms with van der Waals surface area (Å²) in [5.74, 6) is 0.436. The molecule has 20 heavy (non-hydrogen) atoms. The van der Waals surface area contributed by atoms with E-state index in [0.29, 0.717) is 12.2 Å². The summed E-state index contributed by atoms with van der Waals surface area (Å²) in [6, 6.07) is 8.08. The molecule has 0 saturated carbocycles. The number of carbonyl (C=O) groups excluding carboxylic acids is 1. The largest absolute Gasteiger partial charge is 0.469 e. The van der Waals surface area contributed by atoms with Crippen LogP contribution in [0, 0.1) is 6.92 Å². The second-order valence-electron chi connectivity index (χ2n) is 4.04. The molecular weight excluding hydrogens is 294 g/mol. The number of aromatic nitrogens is 2. The van der Waals surface area contributed by atoms with Crippen molar-refractivity contribution in [3.8, 4) is 0 Å². The van der Waals surface area contributed by atoms with E-state index in [1.165, 1.54) is 35.8 Å². The molecule has 1 heterocycles. The molecule has 1 aromatic heterocycles. The van der Waals surface area contributed by atoms with Gasteiger partial charge in [0, 0.05) is 11.4 Å². The minimum atomic E-state index is -0.208. The highest BCUT2D eigenvalue weighted by Crippen LogP contribution is 2.28. The third-order valence-electron chi connectivity index (χ3n) is 2.47. The average molecular weight is 309 g/mol. The number of rotatable bonds is 6. The van der Waals surface area contributed by atoms with Gasteiger partial charge >= 0.3 is 5.97 Å². The van der Waals surface area contributed by atoms with Crippen LogP contribution >= 0.6 is 23.1 Å². The second kappa shape index (κ2) is 7.25. The van der Waals surface area contributed by atoms with E-state index in [1.807, 2.05) is 31.2 Å². The first-order valence-electron chi connectivity index (χ1n) is 6.04. The molecular formula is C13H15N3O2S2. The number of hydrogen-bond acceptors (Lipinski definition) is 7. The molecule has 0 radical (unpaired) electrons. The molecule has 2 rings (SSSR count). The summed E-state index contributed by atoms with van der Waals surface area (Å²) in [6.45, 7) is 2.05. The van der Waals surface area contributed by atoms with Crippen LogP contribution in [-0.2, 0) is 9.53 Å². The highest BCUT2D eigenvalue weighted by Gasteiger charge is 2.07. The second-order valence-corrected chi connectivity index (χ2v) is 6.36. The van der Waals surface area contributed by atoms with Gasteiger partial charge in [-0.05, 0) is 19.1 Å². The number of carbonyl (C=O) groups is 1. The number of benzene rings is 1. The van der Waals surface area contributed by atoms with Crippen molar-refractivity contribution in [3.05, 3.63) is 29.8 Å². The Balaban J connectivity index is 1.85. The van der Waals surface area contributed by atoms with Crippen LogP contribution in [0.15, 0.2) is 28.6 Å². The smallest absolute Gasteiger partial charge is 0.306 e. The number of esters is 1. The standard InChI is InChI=1S/C13H15N3O2S2/c1-9-3-5-10(6-4-9)14-12-15-16-13(20-12)19-8-7-11(17)18-2/h3-6H,7-8H2,1-2H3,(H,14,15). The Bertz CT molecular complexity index is 569. The fourth-order valence-electron chi connectivity index (χ4n) is 1.40. The molecule has 0 fully saturated rings. The lowest BCUT2D eigenvalue weighted by atomic mass is 10.2. The Morgan fingerprint density at radius 2 is 2.10 bits per heavy atom. The van der Waals surface area contributed by atoms with Crippen LogP contribution < -0.4 is 5.32 Å². The molecule has 1 aromatic carbocycles. The van der Waals surface area contributed by atoms with E-state index in [0.717, 1.165) is 15.2 Å². The summed E-state index contributed by atoms with van der Waals surface area (Å²) >= 11 is 2.97. The highest BCUT2D eigenvalue weighted by molar-refractivity contribution is 8.01. The number of aryl methyl sites for hydroxylation is 1. The molecule has 0 aliphatic rings. The van der Waals surface area contributed by atoms with Gasteiger partial charge in [-0.1, -0.05) is 40.8 Å². The summed E-state index contributed by atoms with van der Waals surface area (Å²) in [5.41, 5.74) is 2.20. The van der Waals surface area contributed by atoms with E-state index in [1.54, 1.807) is 0 Å². The van der Waals surface area contributed by atoms with Gasteiger partial charge in [0.05, 0.1) is 13.5 Å². The summed E-state index contributed by atoms with van der Waals surface area (Å²) in [4.78, 5) is 11.0. The Morgan fingerprint density at radius 1 is 1.35 bits per heavy atom. The van der Waals surface area contributed by atoms with Crippen LogP contribution in [0.3, 0.4) is 0 Å². The van der Waals surface area contributed by atoms with Crippen LogP contribution in [0.5, 0.6) is 0 Å². The molecule has 1 N–H and O–H groups in total. The Labute approximate surface area is 125 Å². The topological polar surface area (TPSA) is 64.1 Å². The molecule has 2 aromatic rings. The molecule has 0 bridgehead atoms. The summed E-state index contributed by atoms with van der Waals surface area (Å²) in [7, 11) is 1.39. The maximum absolute atomic E-state index is 11.0. The fraction of sp³-hybridized carbons (Fsp3) is 0.308.